The van der Waals surface area contributed by atoms with Crippen LogP contribution in [0.5, 0.6) is 5.75 Å². The normalized spacial score (nSPS) is 24.1. The van der Waals surface area contributed by atoms with E-state index in [4.69, 9.17) is 5.11 Å². The van der Waals surface area contributed by atoms with Crippen molar-refractivity contribution in [3.63, 3.8) is 0 Å². The SMILES string of the molecule is CC1(O)CCN(C(=O)c2ccc(O)cc2F)C1. The maximum atomic E-state index is 13.5. The molecule has 1 saturated heterocycles. The van der Waals surface area contributed by atoms with Gasteiger partial charge < -0.3 is 15.1 Å². The van der Waals surface area contributed by atoms with Gasteiger partial charge in [0.05, 0.1) is 11.2 Å². The number of likely N-dealkylation sites (tertiary alicyclic amines) is 1. The second kappa shape index (κ2) is 4.00. The maximum Gasteiger partial charge on any atom is 0.256 e. The number of aromatic hydroxyl groups is 1. The van der Waals surface area contributed by atoms with Crippen LogP contribution in [0.1, 0.15) is 23.7 Å². The molecule has 0 aliphatic carbocycles. The van der Waals surface area contributed by atoms with Crippen molar-refractivity contribution >= 4 is 5.91 Å². The van der Waals surface area contributed by atoms with E-state index >= 15 is 0 Å². The number of benzene rings is 1. The molecule has 5 heteroatoms. The summed E-state index contributed by atoms with van der Waals surface area (Å²) in [6.07, 6.45) is 0.485. The molecule has 1 unspecified atom stereocenters. The van der Waals surface area contributed by atoms with Gasteiger partial charge in [0.15, 0.2) is 0 Å². The van der Waals surface area contributed by atoms with Crippen molar-refractivity contribution in [2.45, 2.75) is 18.9 Å². The third-order valence-electron chi connectivity index (χ3n) is 2.92. The highest BCUT2D eigenvalue weighted by atomic mass is 19.1. The smallest absolute Gasteiger partial charge is 0.256 e. The Morgan fingerprint density at radius 2 is 2.24 bits per heavy atom. The molecule has 2 rings (SSSR count). The Morgan fingerprint density at radius 1 is 1.53 bits per heavy atom. The third-order valence-corrected chi connectivity index (χ3v) is 2.92. The lowest BCUT2D eigenvalue weighted by Crippen LogP contribution is -2.34. The molecule has 1 fully saturated rings. The van der Waals surface area contributed by atoms with Gasteiger partial charge in [-0.25, -0.2) is 4.39 Å². The summed E-state index contributed by atoms with van der Waals surface area (Å²) in [6.45, 7) is 2.26. The van der Waals surface area contributed by atoms with E-state index in [9.17, 15) is 14.3 Å². The second-order valence-electron chi connectivity index (χ2n) is 4.64. The fourth-order valence-corrected chi connectivity index (χ4v) is 1.97. The van der Waals surface area contributed by atoms with Crippen molar-refractivity contribution in [2.75, 3.05) is 13.1 Å². The predicted molar refractivity (Wildman–Crippen MR) is 59.2 cm³/mol. The minimum Gasteiger partial charge on any atom is -0.508 e. The standard InChI is InChI=1S/C12H14FNO3/c1-12(17)4-5-14(7-12)11(16)9-3-2-8(15)6-10(9)13/h2-3,6,15,17H,4-5,7H2,1H3. The zero-order chi connectivity index (χ0) is 12.6. The average molecular weight is 239 g/mol. The van der Waals surface area contributed by atoms with Crippen LogP contribution in [0, 0.1) is 5.82 Å². The third kappa shape index (κ3) is 2.39. The summed E-state index contributed by atoms with van der Waals surface area (Å²) >= 11 is 0. The number of amides is 1. The van der Waals surface area contributed by atoms with Crippen LogP contribution in [0.4, 0.5) is 4.39 Å². The van der Waals surface area contributed by atoms with Gasteiger partial charge >= 0.3 is 0 Å². The van der Waals surface area contributed by atoms with E-state index in [1.165, 1.54) is 17.0 Å². The van der Waals surface area contributed by atoms with Crippen LogP contribution < -0.4 is 0 Å². The number of rotatable bonds is 1. The summed E-state index contributed by atoms with van der Waals surface area (Å²) in [7, 11) is 0. The van der Waals surface area contributed by atoms with Crippen molar-refractivity contribution < 1.29 is 19.4 Å². The van der Waals surface area contributed by atoms with Crippen LogP contribution in [-0.4, -0.2) is 39.7 Å². The summed E-state index contributed by atoms with van der Waals surface area (Å²) < 4.78 is 13.5. The molecule has 1 aromatic carbocycles. The molecule has 2 N–H and O–H groups in total. The lowest BCUT2D eigenvalue weighted by atomic mass is 10.1. The summed E-state index contributed by atoms with van der Waals surface area (Å²) in [5.41, 5.74) is -0.983. The molecule has 4 nitrogen and oxygen atoms in total. The fourth-order valence-electron chi connectivity index (χ4n) is 1.97. The lowest BCUT2D eigenvalue weighted by Gasteiger charge is -2.19. The molecule has 17 heavy (non-hydrogen) atoms. The first-order valence-electron chi connectivity index (χ1n) is 5.39. The van der Waals surface area contributed by atoms with Crippen molar-refractivity contribution in [2.24, 2.45) is 0 Å². The molecule has 0 saturated carbocycles. The van der Waals surface area contributed by atoms with Crippen molar-refractivity contribution in [1.82, 2.24) is 4.90 Å². The first-order chi connectivity index (χ1) is 7.89. The molecule has 1 aromatic rings. The van der Waals surface area contributed by atoms with Crippen LogP contribution >= 0.6 is 0 Å². The summed E-state index contributed by atoms with van der Waals surface area (Å²) in [5, 5.41) is 18.8. The summed E-state index contributed by atoms with van der Waals surface area (Å²) in [5.74, 6) is -1.42. The Balaban J connectivity index is 2.21. The quantitative estimate of drug-likeness (QED) is 0.772. The van der Waals surface area contributed by atoms with E-state index in [-0.39, 0.29) is 17.9 Å². The highest BCUT2D eigenvalue weighted by Gasteiger charge is 2.34. The molecule has 0 bridgehead atoms. The van der Waals surface area contributed by atoms with Gasteiger partial charge in [0.25, 0.3) is 5.91 Å². The molecule has 0 radical (unpaired) electrons. The number of β-amino-alcohol motifs (C(OH)–C–C–N with tert-alkyl or cyclic N) is 1. The number of halogens is 1. The summed E-state index contributed by atoms with van der Waals surface area (Å²) in [4.78, 5) is 13.4. The number of hydrogen-bond acceptors (Lipinski definition) is 3. The van der Waals surface area contributed by atoms with E-state index in [2.05, 4.69) is 0 Å². The molecule has 1 atom stereocenters. The number of nitrogens with zero attached hydrogens (tertiary/aromatic N) is 1. The minimum atomic E-state index is -0.900. The largest absolute Gasteiger partial charge is 0.508 e. The molecule has 0 aromatic heterocycles. The first-order valence-corrected chi connectivity index (χ1v) is 5.39. The van der Waals surface area contributed by atoms with E-state index in [0.29, 0.717) is 13.0 Å². The van der Waals surface area contributed by atoms with E-state index < -0.39 is 17.3 Å². The molecular weight excluding hydrogens is 225 g/mol. The van der Waals surface area contributed by atoms with Crippen molar-refractivity contribution in [3.8, 4) is 5.75 Å². The average Bonchev–Trinajstić information content (AvgIpc) is 2.58. The van der Waals surface area contributed by atoms with Crippen LogP contribution in [0.2, 0.25) is 0 Å². The van der Waals surface area contributed by atoms with Gasteiger partial charge in [0, 0.05) is 19.2 Å². The zero-order valence-electron chi connectivity index (χ0n) is 9.48. The minimum absolute atomic E-state index is 0.0829. The topological polar surface area (TPSA) is 60.8 Å². The van der Waals surface area contributed by atoms with Gasteiger partial charge in [-0.15, -0.1) is 0 Å². The molecule has 1 aliphatic heterocycles. The fraction of sp³-hybridized carbons (Fsp3) is 0.417. The molecule has 92 valence electrons. The second-order valence-corrected chi connectivity index (χ2v) is 4.64. The summed E-state index contributed by atoms with van der Waals surface area (Å²) in [6, 6.07) is 3.42. The molecular formula is C12H14FNO3. The van der Waals surface area contributed by atoms with Gasteiger partial charge in [-0.1, -0.05) is 0 Å². The Morgan fingerprint density at radius 3 is 2.76 bits per heavy atom. The number of hydrogen-bond donors (Lipinski definition) is 2. The Bertz CT molecular complexity index is 459. The Kier molecular flexibility index (Phi) is 2.79. The van der Waals surface area contributed by atoms with Crippen molar-refractivity contribution in [1.29, 1.82) is 0 Å². The van der Waals surface area contributed by atoms with Crippen molar-refractivity contribution in [3.05, 3.63) is 29.6 Å². The van der Waals surface area contributed by atoms with Gasteiger partial charge in [-0.05, 0) is 25.5 Å². The highest BCUT2D eigenvalue weighted by molar-refractivity contribution is 5.94. The van der Waals surface area contributed by atoms with Gasteiger partial charge in [-0.3, -0.25) is 4.79 Å². The molecule has 0 spiro atoms. The number of carbonyl (C=O) groups is 1. The number of aliphatic hydroxyl groups is 1. The van der Waals surface area contributed by atoms with Gasteiger partial charge in [0.1, 0.15) is 11.6 Å². The monoisotopic (exact) mass is 239 g/mol. The van der Waals surface area contributed by atoms with Crippen LogP contribution in [0.3, 0.4) is 0 Å². The van der Waals surface area contributed by atoms with E-state index in [1.807, 2.05) is 0 Å². The van der Waals surface area contributed by atoms with Gasteiger partial charge in [-0.2, -0.15) is 0 Å². The molecule has 1 heterocycles. The van der Waals surface area contributed by atoms with E-state index in [0.717, 1.165) is 6.07 Å². The Labute approximate surface area is 98.3 Å². The molecule has 1 amide bonds. The predicted octanol–water partition coefficient (Wildman–Crippen LogP) is 1.13. The van der Waals surface area contributed by atoms with Crippen LogP contribution in [-0.2, 0) is 0 Å². The number of carbonyl (C=O) groups excluding carboxylic acids is 1. The maximum absolute atomic E-state index is 13.5. The Hall–Kier alpha value is -1.62. The van der Waals surface area contributed by atoms with E-state index in [1.54, 1.807) is 6.92 Å². The first kappa shape index (κ1) is 11.9. The van der Waals surface area contributed by atoms with Gasteiger partial charge in [0.2, 0.25) is 0 Å². The van der Waals surface area contributed by atoms with Crippen LogP contribution in [0.15, 0.2) is 18.2 Å². The number of phenolic OH excluding ortho intramolecular Hbond substituents is 1. The highest BCUT2D eigenvalue weighted by Crippen LogP contribution is 2.24. The zero-order valence-corrected chi connectivity index (χ0v) is 9.48. The number of phenols is 1. The lowest BCUT2D eigenvalue weighted by molar-refractivity contribution is 0.0569. The molecule has 1 aliphatic rings. The van der Waals surface area contributed by atoms with Crippen LogP contribution in [0.25, 0.3) is 0 Å².